The van der Waals surface area contributed by atoms with Crippen molar-refractivity contribution < 1.29 is 18.8 Å². The molecule has 1 aliphatic rings. The third-order valence-electron chi connectivity index (χ3n) is 3.96. The van der Waals surface area contributed by atoms with Crippen LogP contribution >= 0.6 is 0 Å². The van der Waals surface area contributed by atoms with Gasteiger partial charge in [-0.25, -0.2) is 4.39 Å². The number of halogens is 1. The van der Waals surface area contributed by atoms with E-state index in [9.17, 15) is 18.8 Å². The molecule has 26 heavy (non-hydrogen) atoms. The van der Waals surface area contributed by atoms with Crippen molar-refractivity contribution in [2.45, 2.75) is 19.3 Å². The molecule has 0 aromatic heterocycles. The third kappa shape index (κ3) is 4.89. The molecule has 0 aliphatic heterocycles. The summed E-state index contributed by atoms with van der Waals surface area (Å²) in [6.07, 6.45) is 1.86. The van der Waals surface area contributed by atoms with Crippen LogP contribution in [0.4, 0.5) is 10.1 Å². The van der Waals surface area contributed by atoms with Gasteiger partial charge in [0.1, 0.15) is 5.82 Å². The number of benzene rings is 2. The Morgan fingerprint density at radius 3 is 2.19 bits per heavy atom. The van der Waals surface area contributed by atoms with E-state index in [0.29, 0.717) is 16.8 Å². The van der Waals surface area contributed by atoms with Gasteiger partial charge in [-0.2, -0.15) is 0 Å². The van der Waals surface area contributed by atoms with Gasteiger partial charge in [-0.05, 0) is 54.8 Å². The van der Waals surface area contributed by atoms with Gasteiger partial charge in [-0.15, -0.1) is 0 Å². The van der Waals surface area contributed by atoms with Crippen LogP contribution in [-0.2, 0) is 16.0 Å². The highest BCUT2D eigenvalue weighted by Gasteiger charge is 2.29. The normalized spacial score (nSPS) is 13.0. The number of rotatable bonds is 5. The maximum Gasteiger partial charge on any atom is 0.269 e. The lowest BCUT2D eigenvalue weighted by atomic mass is 10.1. The van der Waals surface area contributed by atoms with Crippen molar-refractivity contribution in [3.05, 3.63) is 65.5 Å². The third-order valence-corrected chi connectivity index (χ3v) is 3.96. The van der Waals surface area contributed by atoms with Gasteiger partial charge in [-0.3, -0.25) is 25.2 Å². The van der Waals surface area contributed by atoms with Crippen LogP contribution in [0, 0.1) is 11.7 Å². The first-order valence-corrected chi connectivity index (χ1v) is 8.26. The Labute approximate surface area is 149 Å². The maximum absolute atomic E-state index is 12.8. The number of anilines is 1. The second kappa shape index (κ2) is 7.77. The zero-order valence-corrected chi connectivity index (χ0v) is 13.9. The first-order chi connectivity index (χ1) is 12.5. The van der Waals surface area contributed by atoms with Gasteiger partial charge in [0.25, 0.3) is 5.91 Å². The Morgan fingerprint density at radius 1 is 0.923 bits per heavy atom. The SMILES string of the molecule is O=C(Cc1ccc(F)cc1)NNC(=O)c1ccc(NC(=O)C2CC2)cc1. The average molecular weight is 355 g/mol. The van der Waals surface area contributed by atoms with Gasteiger partial charge in [-0.1, -0.05) is 12.1 Å². The Morgan fingerprint density at radius 2 is 1.58 bits per heavy atom. The lowest BCUT2D eigenvalue weighted by molar-refractivity contribution is -0.121. The van der Waals surface area contributed by atoms with E-state index in [1.807, 2.05) is 0 Å². The average Bonchev–Trinajstić information content (AvgIpc) is 3.47. The lowest BCUT2D eigenvalue weighted by Crippen LogP contribution is -2.42. The molecule has 2 aromatic rings. The molecule has 3 rings (SSSR count). The maximum atomic E-state index is 12.8. The van der Waals surface area contributed by atoms with Gasteiger partial charge >= 0.3 is 0 Å². The van der Waals surface area contributed by atoms with Gasteiger partial charge in [0.2, 0.25) is 11.8 Å². The number of carbonyl (C=O) groups excluding carboxylic acids is 3. The van der Waals surface area contributed by atoms with Gasteiger partial charge < -0.3 is 5.32 Å². The molecule has 0 heterocycles. The summed E-state index contributed by atoms with van der Waals surface area (Å²) in [7, 11) is 0. The minimum absolute atomic E-state index is 0.00439. The van der Waals surface area contributed by atoms with Crippen LogP contribution < -0.4 is 16.2 Å². The van der Waals surface area contributed by atoms with Crippen molar-refractivity contribution in [1.29, 1.82) is 0 Å². The minimum Gasteiger partial charge on any atom is -0.326 e. The first-order valence-electron chi connectivity index (χ1n) is 8.26. The summed E-state index contributed by atoms with van der Waals surface area (Å²) in [4.78, 5) is 35.5. The van der Waals surface area contributed by atoms with E-state index in [2.05, 4.69) is 16.2 Å². The number of hydrogen-bond acceptors (Lipinski definition) is 3. The van der Waals surface area contributed by atoms with E-state index in [4.69, 9.17) is 0 Å². The Balaban J connectivity index is 1.47. The number of hydrazine groups is 1. The molecule has 0 unspecified atom stereocenters. The van der Waals surface area contributed by atoms with Crippen LogP contribution in [0.1, 0.15) is 28.8 Å². The molecule has 2 aromatic carbocycles. The summed E-state index contributed by atoms with van der Waals surface area (Å²) in [5.74, 6) is -1.17. The predicted molar refractivity (Wildman–Crippen MR) is 93.5 cm³/mol. The Bertz CT molecular complexity index is 815. The second-order valence-electron chi connectivity index (χ2n) is 6.15. The monoisotopic (exact) mass is 355 g/mol. The van der Waals surface area contributed by atoms with Crippen molar-refractivity contribution in [2.75, 3.05) is 5.32 Å². The topological polar surface area (TPSA) is 87.3 Å². The molecule has 0 atom stereocenters. The summed E-state index contributed by atoms with van der Waals surface area (Å²) in [5, 5.41) is 2.78. The molecular formula is C19H18FN3O3. The van der Waals surface area contributed by atoms with Crippen molar-refractivity contribution in [2.24, 2.45) is 5.92 Å². The molecule has 1 aliphatic carbocycles. The van der Waals surface area contributed by atoms with E-state index < -0.39 is 11.8 Å². The molecule has 0 saturated heterocycles. The summed E-state index contributed by atoms with van der Waals surface area (Å²) < 4.78 is 12.8. The van der Waals surface area contributed by atoms with E-state index >= 15 is 0 Å². The van der Waals surface area contributed by atoms with Crippen molar-refractivity contribution in [1.82, 2.24) is 10.9 Å². The molecule has 0 bridgehead atoms. The Kier molecular flexibility index (Phi) is 5.26. The van der Waals surface area contributed by atoms with E-state index in [1.54, 1.807) is 24.3 Å². The van der Waals surface area contributed by atoms with Gasteiger partial charge in [0.05, 0.1) is 6.42 Å². The van der Waals surface area contributed by atoms with Crippen molar-refractivity contribution in [3.63, 3.8) is 0 Å². The molecule has 1 fully saturated rings. The fourth-order valence-electron chi connectivity index (χ4n) is 2.33. The van der Waals surface area contributed by atoms with Crippen LogP contribution in [-0.4, -0.2) is 17.7 Å². The summed E-state index contributed by atoms with van der Waals surface area (Å²) >= 11 is 0. The largest absolute Gasteiger partial charge is 0.326 e. The van der Waals surface area contributed by atoms with E-state index in [-0.39, 0.29) is 24.1 Å². The first kappa shape index (κ1) is 17.6. The number of carbonyl (C=O) groups is 3. The summed E-state index contributed by atoms with van der Waals surface area (Å²) in [5.41, 5.74) is 6.23. The molecular weight excluding hydrogens is 337 g/mol. The summed E-state index contributed by atoms with van der Waals surface area (Å²) in [6.45, 7) is 0. The van der Waals surface area contributed by atoms with E-state index in [0.717, 1.165) is 12.8 Å². The fraction of sp³-hybridized carbons (Fsp3) is 0.211. The van der Waals surface area contributed by atoms with Gasteiger partial charge in [0.15, 0.2) is 0 Å². The number of nitrogens with one attached hydrogen (secondary N) is 3. The van der Waals surface area contributed by atoms with Crippen LogP contribution in [0.15, 0.2) is 48.5 Å². The van der Waals surface area contributed by atoms with Crippen LogP contribution in [0.25, 0.3) is 0 Å². The van der Waals surface area contributed by atoms with Crippen molar-refractivity contribution >= 4 is 23.4 Å². The van der Waals surface area contributed by atoms with Crippen molar-refractivity contribution in [3.8, 4) is 0 Å². The van der Waals surface area contributed by atoms with Crippen LogP contribution in [0.3, 0.4) is 0 Å². The molecule has 0 radical (unpaired) electrons. The predicted octanol–water partition coefficient (Wildman–Crippen LogP) is 2.18. The molecule has 1 saturated carbocycles. The van der Waals surface area contributed by atoms with Crippen LogP contribution in [0.5, 0.6) is 0 Å². The Hall–Kier alpha value is -3.22. The summed E-state index contributed by atoms with van der Waals surface area (Å²) in [6, 6.07) is 11.9. The quantitative estimate of drug-likeness (QED) is 0.719. The smallest absolute Gasteiger partial charge is 0.269 e. The standard InChI is InChI=1S/C19H18FN3O3/c20-15-7-1-12(2-8-15)11-17(24)22-23-19(26)14-5-9-16(10-6-14)21-18(25)13-3-4-13/h1-2,5-10,13H,3-4,11H2,(H,21,25)(H,22,24)(H,23,26). The molecule has 0 spiro atoms. The highest BCUT2D eigenvalue weighted by Crippen LogP contribution is 2.30. The highest BCUT2D eigenvalue weighted by molar-refractivity contribution is 5.97. The second-order valence-corrected chi connectivity index (χ2v) is 6.15. The zero-order valence-electron chi connectivity index (χ0n) is 13.9. The zero-order chi connectivity index (χ0) is 18.5. The lowest BCUT2D eigenvalue weighted by Gasteiger charge is -2.09. The molecule has 6 nitrogen and oxygen atoms in total. The molecule has 7 heteroatoms. The van der Waals surface area contributed by atoms with E-state index in [1.165, 1.54) is 24.3 Å². The van der Waals surface area contributed by atoms with Crippen LogP contribution in [0.2, 0.25) is 0 Å². The molecule has 134 valence electrons. The highest BCUT2D eigenvalue weighted by atomic mass is 19.1. The fourth-order valence-corrected chi connectivity index (χ4v) is 2.33. The molecule has 3 N–H and O–H groups in total. The van der Waals surface area contributed by atoms with Gasteiger partial charge in [0, 0.05) is 17.2 Å². The number of amides is 3. The molecule has 3 amide bonds. The minimum atomic E-state index is -0.475. The number of hydrogen-bond donors (Lipinski definition) is 3.